The molecule has 0 amide bonds. The van der Waals surface area contributed by atoms with E-state index in [2.05, 4.69) is 74.2 Å². The van der Waals surface area contributed by atoms with Crippen LogP contribution in [0.25, 0.3) is 0 Å². The molecule has 0 saturated heterocycles. The van der Waals surface area contributed by atoms with Crippen molar-refractivity contribution in [1.82, 2.24) is 0 Å². The number of alkyl halides is 5. The number of unbranched alkanes of at least 4 members (excludes halogenated alkanes) is 4. The highest BCUT2D eigenvalue weighted by atomic mass is 19.4. The van der Waals surface area contributed by atoms with Crippen molar-refractivity contribution in [3.63, 3.8) is 0 Å². The van der Waals surface area contributed by atoms with Crippen molar-refractivity contribution in [2.24, 2.45) is 59.2 Å². The molecule has 139 heavy (non-hydrogen) atoms. The van der Waals surface area contributed by atoms with Crippen LogP contribution in [0.5, 0.6) is 11.5 Å². The van der Waals surface area contributed by atoms with Gasteiger partial charge in [0.25, 0.3) is 5.92 Å². The minimum atomic E-state index is -4.47. The van der Waals surface area contributed by atoms with Gasteiger partial charge >= 0.3 is 36.0 Å². The summed E-state index contributed by atoms with van der Waals surface area (Å²) in [5.41, 5.74) is 2.93. The number of para-hydroxylation sites is 1. The number of hydrogen-bond acceptors (Lipinski definition) is 20. The molecule has 20 nitrogen and oxygen atoms in total. The van der Waals surface area contributed by atoms with Gasteiger partial charge in [0.1, 0.15) is 54.7 Å². The Morgan fingerprint density at radius 3 is 1.24 bits per heavy atom. The lowest BCUT2D eigenvalue weighted by molar-refractivity contribution is -0.152. The highest BCUT2D eigenvalue weighted by molar-refractivity contribution is 5.71. The van der Waals surface area contributed by atoms with Crippen molar-refractivity contribution in [3.05, 3.63) is 241 Å². The predicted molar refractivity (Wildman–Crippen MR) is 525 cm³/mol. The third-order valence-electron chi connectivity index (χ3n) is 28.6. The summed E-state index contributed by atoms with van der Waals surface area (Å²) in [5.74, 6) is -4.21. The van der Waals surface area contributed by atoms with E-state index in [9.17, 15) is 86.8 Å². The molecule has 25 heteroatoms. The largest absolute Gasteiger partial charge is 0.491 e. The Labute approximate surface area is 819 Å². The summed E-state index contributed by atoms with van der Waals surface area (Å²) in [7, 11) is 0. The standard InChI is InChI=1S/C23H27F3O5.C23H32O4.C23H30O4.C23H38O3.C22H26F2O4/c24-23(25,26)15-6-5-7-17(12-15)30-14-16(27)10-11-18-19-8-3-1-2-4-9-22(29)31-21(19)13-20(18)28;2*24-18(13-12-17-8-4-3-5-9-17)14-15-19-20-10-6-1-2-7-11-23(26)27-22(20)16-21(19)25;1-3-4-5-6-9-12-18(2)15-16-19-20-13-10-7-8-11-14-23(25)26-22(20)17-21(19)24;23-22(24,15-27-16-8-4-3-5-9-16)13-12-17-18-10-6-1-2-7-11-21(26)28-20(18)14-19(17)25/h1,3,5-7,10-12,16,18-21,27-28H,2,4,8-9,13-14H2;1,3-6,8-9,18-22,24-25H,2,7,10-16H2;1,3-6,8-9,14-15,18-22,24-25H,2,7,10-13,16H2;7,10,19-22,24H,2-6,8-9,11-17H2,1H3;1,3-6,8-9,12-13,17-20,25H,2,7,10-11,14-15H2/b3-1-,11-10+;6-1-;6-1-,15-14+;10-7-;6-1-,13-12+/t16-,18-,19-,20-,21+;2*18-,19+,20+,21+,22-;19-,20-,21-,22+;17-,18-,19-,20+/m10011/s1. The number of allylic oxidation sites excluding steroid dienone is 11. The maximum Gasteiger partial charge on any atom is 0.416 e. The average Bonchev–Trinajstić information content (AvgIpc) is 1.68. The van der Waals surface area contributed by atoms with Gasteiger partial charge in [-0.2, -0.15) is 22.0 Å². The molecule has 0 spiro atoms. The number of fused-ring (bicyclic) bond motifs is 5. The molecule has 4 aromatic rings. The number of benzene rings is 4. The van der Waals surface area contributed by atoms with Gasteiger partial charge in [-0.1, -0.05) is 221 Å². The molecule has 0 aromatic heterocycles. The number of carbonyl (C=O) groups excluding carboxylic acids is 5. The molecule has 5 saturated carbocycles. The Morgan fingerprint density at radius 2 is 0.799 bits per heavy atom. The summed E-state index contributed by atoms with van der Waals surface area (Å²) in [5, 5.41) is 83.4. The van der Waals surface area contributed by atoms with Crippen LogP contribution in [0.4, 0.5) is 22.0 Å². The van der Waals surface area contributed by atoms with Gasteiger partial charge in [0, 0.05) is 112 Å². The van der Waals surface area contributed by atoms with E-state index in [-0.39, 0.29) is 132 Å². The summed E-state index contributed by atoms with van der Waals surface area (Å²) in [6.07, 6.45) is 49.6. The fourth-order valence-electron chi connectivity index (χ4n) is 20.9. The van der Waals surface area contributed by atoms with Crippen molar-refractivity contribution in [1.29, 1.82) is 0 Å². The van der Waals surface area contributed by atoms with E-state index < -0.39 is 79.0 Å². The summed E-state index contributed by atoms with van der Waals surface area (Å²) in [6, 6.07) is 33.2. The number of rotatable bonds is 30. The van der Waals surface area contributed by atoms with Crippen LogP contribution in [0.3, 0.4) is 0 Å². The number of esters is 5. The van der Waals surface area contributed by atoms with Gasteiger partial charge in [-0.25, -0.2) is 0 Å². The molecule has 0 unspecified atom stereocenters. The Kier molecular flexibility index (Phi) is 48.0. The van der Waals surface area contributed by atoms with Crippen molar-refractivity contribution in [2.75, 3.05) is 13.2 Å². The second kappa shape index (κ2) is 59.7. The first-order valence-electron chi connectivity index (χ1n) is 51.4. The molecule has 5 heterocycles. The number of aliphatic hydroxyl groups excluding tert-OH is 8. The maximum absolute atomic E-state index is 14.2. The third kappa shape index (κ3) is 39.2. The van der Waals surface area contributed by atoms with Crippen molar-refractivity contribution < 1.29 is 120 Å². The van der Waals surface area contributed by atoms with Gasteiger partial charge in [0.2, 0.25) is 0 Å². The van der Waals surface area contributed by atoms with E-state index in [0.29, 0.717) is 89.2 Å². The molecular weight excluding hydrogens is 1780 g/mol. The Bertz CT molecular complexity index is 4550. The zero-order valence-electron chi connectivity index (χ0n) is 81.1. The number of aliphatic hydroxyl groups is 8. The zero-order chi connectivity index (χ0) is 99.3. The second-order valence-electron chi connectivity index (χ2n) is 39.2. The Morgan fingerprint density at radius 1 is 0.417 bits per heavy atom. The van der Waals surface area contributed by atoms with Crippen LogP contribution in [-0.4, -0.2) is 169 Å². The molecule has 5 aliphatic carbocycles. The summed E-state index contributed by atoms with van der Waals surface area (Å²) in [6.45, 7) is 5.48. The van der Waals surface area contributed by atoms with E-state index in [1.165, 1.54) is 73.1 Å². The first-order chi connectivity index (χ1) is 67.1. The molecule has 10 aliphatic rings. The van der Waals surface area contributed by atoms with Crippen LogP contribution < -0.4 is 9.47 Å². The molecule has 5 fully saturated rings. The smallest absolute Gasteiger partial charge is 0.416 e. The van der Waals surface area contributed by atoms with Gasteiger partial charge in [-0.3, -0.25) is 24.0 Å². The van der Waals surface area contributed by atoms with E-state index in [0.717, 1.165) is 147 Å². The maximum atomic E-state index is 14.2. The van der Waals surface area contributed by atoms with Crippen LogP contribution in [0.1, 0.15) is 261 Å². The van der Waals surface area contributed by atoms with E-state index >= 15 is 0 Å². The summed E-state index contributed by atoms with van der Waals surface area (Å²) in [4.78, 5) is 59.8. The van der Waals surface area contributed by atoms with Crippen LogP contribution >= 0.6 is 0 Å². The fourth-order valence-corrected chi connectivity index (χ4v) is 20.9. The molecular formula is C114H153F5O20. The van der Waals surface area contributed by atoms with Crippen LogP contribution in [0, 0.1) is 59.2 Å². The minimum Gasteiger partial charge on any atom is -0.491 e. The van der Waals surface area contributed by atoms with Crippen molar-refractivity contribution >= 4 is 29.8 Å². The van der Waals surface area contributed by atoms with Crippen molar-refractivity contribution in [2.45, 2.75) is 349 Å². The molecule has 4 aromatic carbocycles. The fraction of sp³-hybridized carbons (Fsp3) is 0.588. The molecule has 5 aliphatic heterocycles. The topological polar surface area (TPSA) is 312 Å². The van der Waals surface area contributed by atoms with Crippen molar-refractivity contribution in [3.8, 4) is 11.5 Å². The number of carbonyl (C=O) groups is 5. The monoisotopic (exact) mass is 1940 g/mol. The van der Waals surface area contributed by atoms with Crippen LogP contribution in [0.15, 0.2) is 225 Å². The minimum absolute atomic E-state index is 0.00706. The molecule has 0 radical (unpaired) electrons. The Balaban J connectivity index is 0.000000179. The second-order valence-corrected chi connectivity index (χ2v) is 39.2. The van der Waals surface area contributed by atoms with Gasteiger partial charge in [0.15, 0.2) is 6.61 Å². The SMILES string of the molecule is C=C(CCCCCCC)CC[C@@H]1[C@H]2C/C=C\CCCC(=O)O[C@H]2C[C@H]1O.O=C1CCC/C=C\C[C@@H]2[C@@H](/C=C/C(F)(F)COc3ccccc3)[C@H](O)C[C@@H]2O1.O=C1CCC/C=C\C[C@@H]2[C@@H](/C=C/[C@@H](O)CCc3ccccc3)[C@H](O)C[C@@H]2O1.O=C1CCC/C=C\C[C@@H]2[C@@H](/C=C/[C@@H](O)COc3cccc(C(F)(F)F)c3)[C@H](O)C[C@@H]2O1.O=C1CCC/C=C\C[C@@H]2[C@@H](CC[C@@H](O)CCc3ccccc3)[C@H](O)C[C@@H]2O1. The highest BCUT2D eigenvalue weighted by Crippen LogP contribution is 2.46. The molecule has 0 bridgehead atoms. The summed E-state index contributed by atoms with van der Waals surface area (Å²) >= 11 is 0. The number of aryl methyl sites for hydroxylation is 2. The highest BCUT2D eigenvalue weighted by Gasteiger charge is 2.49. The van der Waals surface area contributed by atoms with E-state index in [1.54, 1.807) is 42.5 Å². The normalized spacial score (nSPS) is 30.3. The summed E-state index contributed by atoms with van der Waals surface area (Å²) < 4.78 is 105. The van der Waals surface area contributed by atoms with E-state index in [1.807, 2.05) is 66.8 Å². The molecule has 764 valence electrons. The number of hydrogen-bond donors (Lipinski definition) is 8. The Hall–Kier alpha value is -9.18. The predicted octanol–water partition coefficient (Wildman–Crippen LogP) is 21.4. The van der Waals surface area contributed by atoms with Gasteiger partial charge in [-0.15, -0.1) is 0 Å². The van der Waals surface area contributed by atoms with Gasteiger partial charge < -0.3 is 74.0 Å². The average molecular weight is 1940 g/mol. The molecule has 23 atom stereocenters. The van der Waals surface area contributed by atoms with Crippen LogP contribution in [0.2, 0.25) is 0 Å². The van der Waals surface area contributed by atoms with Gasteiger partial charge in [0.05, 0.1) is 48.3 Å². The van der Waals surface area contributed by atoms with Crippen LogP contribution in [-0.2, 0) is 66.7 Å². The quantitative estimate of drug-likeness (QED) is 0.00791. The number of halogens is 5. The number of ether oxygens (including phenoxy) is 7. The lowest BCUT2D eigenvalue weighted by atomic mass is 9.85. The molecule has 14 rings (SSSR count). The lowest BCUT2D eigenvalue weighted by Crippen LogP contribution is -2.27. The first kappa shape index (κ1) is 112. The first-order valence-corrected chi connectivity index (χ1v) is 51.4. The van der Waals surface area contributed by atoms with E-state index in [4.69, 9.17) is 33.2 Å². The zero-order valence-corrected chi connectivity index (χ0v) is 81.1. The lowest BCUT2D eigenvalue weighted by Gasteiger charge is -2.26. The third-order valence-corrected chi connectivity index (χ3v) is 28.6. The molecule has 8 N–H and O–H groups in total. The van der Waals surface area contributed by atoms with Gasteiger partial charge in [-0.05, 0) is 220 Å².